The molecule has 104 valence electrons. The van der Waals surface area contributed by atoms with E-state index in [9.17, 15) is 5.21 Å². The van der Waals surface area contributed by atoms with Gasteiger partial charge in [-0.1, -0.05) is 18.2 Å². The molecule has 3 heteroatoms. The minimum absolute atomic E-state index is 0.639. The number of nitrogens with zero attached hydrogens (tertiary/aromatic N) is 2. The lowest BCUT2D eigenvalue weighted by Crippen LogP contribution is -2.21. The average molecular weight is 268 g/mol. The van der Waals surface area contributed by atoms with Crippen molar-refractivity contribution in [1.29, 1.82) is 0 Å². The molecule has 0 spiro atoms. The summed E-state index contributed by atoms with van der Waals surface area (Å²) in [5, 5.41) is 12.0. The van der Waals surface area contributed by atoms with Crippen molar-refractivity contribution in [2.24, 2.45) is 0 Å². The average Bonchev–Trinajstić information content (AvgIpc) is 2.51. The number of anilines is 1. The Bertz CT molecular complexity index is 557. The monoisotopic (exact) mass is 268 g/mol. The molecule has 0 N–H and O–H groups in total. The molecule has 0 radical (unpaired) electrons. The molecule has 0 amide bonds. The Balaban J connectivity index is 2.18. The van der Waals surface area contributed by atoms with Crippen LogP contribution >= 0.6 is 0 Å². The van der Waals surface area contributed by atoms with E-state index in [0.29, 0.717) is 5.69 Å². The molecule has 2 rings (SSSR count). The van der Waals surface area contributed by atoms with Gasteiger partial charge < -0.3 is 10.1 Å². The van der Waals surface area contributed by atoms with E-state index in [0.717, 1.165) is 23.4 Å². The van der Waals surface area contributed by atoms with E-state index >= 15 is 0 Å². The highest BCUT2D eigenvalue weighted by molar-refractivity contribution is 5.77. The zero-order valence-electron chi connectivity index (χ0n) is 12.0. The third-order valence-corrected chi connectivity index (χ3v) is 3.30. The Kier molecular flexibility index (Phi) is 4.77. The Morgan fingerprint density at radius 2 is 1.55 bits per heavy atom. The van der Waals surface area contributed by atoms with E-state index < -0.39 is 0 Å². The Morgan fingerprint density at radius 1 is 0.950 bits per heavy atom. The topological polar surface area (TPSA) is 29.3 Å². The van der Waals surface area contributed by atoms with Crippen LogP contribution in [0.3, 0.4) is 0 Å². The van der Waals surface area contributed by atoms with Gasteiger partial charge in [-0.15, -0.1) is 0 Å². The summed E-state index contributed by atoms with van der Waals surface area (Å²) in [7, 11) is 0. The fraction of sp³-hybridized carbons (Fsp3) is 0.235. The fourth-order valence-electron chi connectivity index (χ4n) is 2.14. The quantitative estimate of drug-likeness (QED) is 0.357. The largest absolute Gasteiger partial charge is 0.618 e. The van der Waals surface area contributed by atoms with Gasteiger partial charge in [0.1, 0.15) is 0 Å². The standard InChI is InChI=1S/C17H20N2O/c1-3-18(4-2)16-12-10-15(11-13-16)14-19(20)17-8-6-5-7-9-17/h5-14H,3-4H2,1-2H3/b19-14-. The van der Waals surface area contributed by atoms with Crippen LogP contribution in [0.4, 0.5) is 11.4 Å². The zero-order chi connectivity index (χ0) is 14.4. The number of para-hydroxylation sites is 1. The van der Waals surface area contributed by atoms with Crippen molar-refractivity contribution in [2.45, 2.75) is 13.8 Å². The van der Waals surface area contributed by atoms with Crippen molar-refractivity contribution in [3.05, 3.63) is 65.4 Å². The molecular weight excluding hydrogens is 248 g/mol. The summed E-state index contributed by atoms with van der Waals surface area (Å²) in [6.45, 7) is 6.24. The normalized spacial score (nSPS) is 11.4. The van der Waals surface area contributed by atoms with Crippen molar-refractivity contribution < 1.29 is 4.74 Å². The van der Waals surface area contributed by atoms with Gasteiger partial charge in [0, 0.05) is 36.5 Å². The molecule has 2 aromatic carbocycles. The van der Waals surface area contributed by atoms with Crippen LogP contribution in [0.15, 0.2) is 54.6 Å². The van der Waals surface area contributed by atoms with Gasteiger partial charge in [-0.25, -0.2) is 0 Å². The molecule has 0 aliphatic heterocycles. The first kappa shape index (κ1) is 14.1. The first-order valence-corrected chi connectivity index (χ1v) is 6.96. The van der Waals surface area contributed by atoms with Crippen molar-refractivity contribution in [2.75, 3.05) is 18.0 Å². The zero-order valence-corrected chi connectivity index (χ0v) is 12.0. The minimum Gasteiger partial charge on any atom is -0.618 e. The maximum atomic E-state index is 12.0. The van der Waals surface area contributed by atoms with Gasteiger partial charge in [-0.3, -0.25) is 0 Å². The van der Waals surface area contributed by atoms with Crippen LogP contribution in [0.5, 0.6) is 0 Å². The number of hydrogen-bond donors (Lipinski definition) is 0. The lowest BCUT2D eigenvalue weighted by atomic mass is 10.2. The lowest BCUT2D eigenvalue weighted by molar-refractivity contribution is -0.354. The molecule has 0 aromatic heterocycles. The van der Waals surface area contributed by atoms with Crippen LogP contribution in [-0.2, 0) is 0 Å². The van der Waals surface area contributed by atoms with E-state index in [-0.39, 0.29) is 0 Å². The van der Waals surface area contributed by atoms with Gasteiger partial charge in [0.15, 0.2) is 6.21 Å². The summed E-state index contributed by atoms with van der Waals surface area (Å²) >= 11 is 0. The van der Waals surface area contributed by atoms with Crippen LogP contribution in [0.2, 0.25) is 0 Å². The van der Waals surface area contributed by atoms with Gasteiger partial charge >= 0.3 is 0 Å². The Morgan fingerprint density at radius 3 is 2.10 bits per heavy atom. The smallest absolute Gasteiger partial charge is 0.216 e. The third-order valence-electron chi connectivity index (χ3n) is 3.30. The van der Waals surface area contributed by atoms with Crippen molar-refractivity contribution in [3.63, 3.8) is 0 Å². The third kappa shape index (κ3) is 3.38. The van der Waals surface area contributed by atoms with Gasteiger partial charge in [-0.05, 0) is 38.1 Å². The van der Waals surface area contributed by atoms with Gasteiger partial charge in [0.25, 0.3) is 0 Å². The molecule has 3 nitrogen and oxygen atoms in total. The SMILES string of the molecule is CCN(CC)c1ccc(/C=[N+](\[O-])c2ccccc2)cc1. The summed E-state index contributed by atoms with van der Waals surface area (Å²) in [5.41, 5.74) is 2.73. The second-order valence-corrected chi connectivity index (χ2v) is 4.55. The van der Waals surface area contributed by atoms with Crippen LogP contribution in [-0.4, -0.2) is 24.0 Å². The molecule has 20 heavy (non-hydrogen) atoms. The molecule has 0 aliphatic carbocycles. The summed E-state index contributed by atoms with van der Waals surface area (Å²) in [4.78, 5) is 2.27. The summed E-state index contributed by atoms with van der Waals surface area (Å²) in [6.07, 6.45) is 1.60. The Hall–Kier alpha value is -2.29. The van der Waals surface area contributed by atoms with E-state index in [1.54, 1.807) is 18.3 Å². The predicted octanol–water partition coefficient (Wildman–Crippen LogP) is 3.79. The molecule has 0 unspecified atom stereocenters. The van der Waals surface area contributed by atoms with Crippen molar-refractivity contribution in [3.8, 4) is 0 Å². The van der Waals surface area contributed by atoms with Gasteiger partial charge in [0.2, 0.25) is 5.69 Å². The van der Waals surface area contributed by atoms with Gasteiger partial charge in [-0.2, -0.15) is 4.74 Å². The van der Waals surface area contributed by atoms with Crippen molar-refractivity contribution in [1.82, 2.24) is 0 Å². The predicted molar refractivity (Wildman–Crippen MR) is 84.9 cm³/mol. The van der Waals surface area contributed by atoms with E-state index in [4.69, 9.17) is 0 Å². The molecular formula is C17H20N2O. The molecule has 0 bridgehead atoms. The molecule has 0 saturated carbocycles. The number of rotatable bonds is 5. The molecule has 0 fully saturated rings. The fourth-order valence-corrected chi connectivity index (χ4v) is 2.14. The van der Waals surface area contributed by atoms with Crippen LogP contribution in [0.1, 0.15) is 19.4 Å². The second-order valence-electron chi connectivity index (χ2n) is 4.55. The molecule has 2 aromatic rings. The van der Waals surface area contributed by atoms with E-state index in [1.807, 2.05) is 30.3 Å². The Labute approximate surface area is 120 Å². The van der Waals surface area contributed by atoms with Crippen LogP contribution in [0.25, 0.3) is 0 Å². The highest BCUT2D eigenvalue weighted by Crippen LogP contribution is 2.15. The molecule has 0 atom stereocenters. The first-order valence-electron chi connectivity index (χ1n) is 6.96. The van der Waals surface area contributed by atoms with E-state index in [2.05, 4.69) is 30.9 Å². The van der Waals surface area contributed by atoms with E-state index in [1.165, 1.54) is 5.69 Å². The highest BCUT2D eigenvalue weighted by Gasteiger charge is 2.03. The number of hydrogen-bond acceptors (Lipinski definition) is 2. The maximum absolute atomic E-state index is 12.0. The summed E-state index contributed by atoms with van der Waals surface area (Å²) < 4.78 is 0.895. The van der Waals surface area contributed by atoms with Crippen molar-refractivity contribution >= 4 is 17.6 Å². The molecule has 0 aliphatic rings. The lowest BCUT2D eigenvalue weighted by Gasteiger charge is -2.20. The second kappa shape index (κ2) is 6.75. The molecule has 0 saturated heterocycles. The van der Waals surface area contributed by atoms with Gasteiger partial charge in [0.05, 0.1) is 0 Å². The molecule has 0 heterocycles. The maximum Gasteiger partial charge on any atom is 0.216 e. The highest BCUT2D eigenvalue weighted by atomic mass is 16.5. The summed E-state index contributed by atoms with van der Waals surface area (Å²) in [5.74, 6) is 0. The first-order chi connectivity index (χ1) is 9.74. The van der Waals surface area contributed by atoms with Crippen LogP contribution < -0.4 is 4.90 Å². The summed E-state index contributed by atoms with van der Waals surface area (Å²) in [6, 6.07) is 17.3. The van der Waals surface area contributed by atoms with Crippen LogP contribution in [0, 0.1) is 5.21 Å². The minimum atomic E-state index is 0.639. The number of benzene rings is 2.